The Morgan fingerprint density at radius 3 is 2.51 bits per heavy atom. The highest BCUT2D eigenvalue weighted by Gasteiger charge is 2.30. The number of benzene rings is 1. The van der Waals surface area contributed by atoms with Crippen molar-refractivity contribution in [1.82, 2.24) is 14.7 Å². The van der Waals surface area contributed by atoms with Crippen LogP contribution in [0.2, 0.25) is 0 Å². The summed E-state index contributed by atoms with van der Waals surface area (Å²) in [5, 5.41) is 8.71. The first kappa shape index (κ1) is 27.2. The van der Waals surface area contributed by atoms with Gasteiger partial charge in [-0.05, 0) is 68.2 Å². The van der Waals surface area contributed by atoms with Crippen molar-refractivity contribution in [2.45, 2.75) is 82.1 Å². The average Bonchev–Trinajstić information content (AvgIpc) is 3.71. The van der Waals surface area contributed by atoms with Gasteiger partial charge in [0.1, 0.15) is 17.8 Å². The normalized spacial score (nSPS) is 16.5. The first-order valence-corrected chi connectivity index (χ1v) is 14.6. The van der Waals surface area contributed by atoms with Crippen molar-refractivity contribution in [2.75, 3.05) is 18.0 Å². The number of hydrogen-bond donors (Lipinski definition) is 2. The SMILES string of the molecule is Cc1cc(S(=O)(=O)NCCCC(=O)O)ccc1CC(=O)c1cc(N(CC2CC2)C2CCCCC2)ncn1. The number of ketones is 1. The Hall–Kier alpha value is -2.85. The number of anilines is 1. The van der Waals surface area contributed by atoms with Gasteiger partial charge in [0.2, 0.25) is 10.0 Å². The molecule has 0 unspecified atom stereocenters. The van der Waals surface area contributed by atoms with Crippen LogP contribution in [0.3, 0.4) is 0 Å². The molecule has 2 saturated carbocycles. The fourth-order valence-electron chi connectivity index (χ4n) is 4.88. The number of carbonyl (C=O) groups excluding carboxylic acids is 1. The van der Waals surface area contributed by atoms with E-state index in [-0.39, 0.29) is 36.5 Å². The molecule has 37 heavy (non-hydrogen) atoms. The molecule has 200 valence electrons. The molecule has 2 N–H and O–H groups in total. The van der Waals surface area contributed by atoms with Crippen molar-refractivity contribution in [1.29, 1.82) is 0 Å². The number of Topliss-reactive ketones (excluding diaryl/α,β-unsaturated/α-hetero) is 1. The maximum absolute atomic E-state index is 13.2. The minimum atomic E-state index is -3.76. The molecule has 0 amide bonds. The van der Waals surface area contributed by atoms with E-state index in [0.717, 1.165) is 30.8 Å². The number of carboxylic acids is 1. The highest BCUT2D eigenvalue weighted by molar-refractivity contribution is 7.89. The van der Waals surface area contributed by atoms with E-state index >= 15 is 0 Å². The van der Waals surface area contributed by atoms with E-state index in [1.165, 1.54) is 50.6 Å². The Kier molecular flexibility index (Phi) is 8.91. The zero-order valence-corrected chi connectivity index (χ0v) is 22.2. The van der Waals surface area contributed by atoms with Gasteiger partial charge in [0.15, 0.2) is 5.78 Å². The molecule has 10 heteroatoms. The van der Waals surface area contributed by atoms with Crippen molar-refractivity contribution in [3.63, 3.8) is 0 Å². The lowest BCUT2D eigenvalue weighted by molar-refractivity contribution is -0.137. The van der Waals surface area contributed by atoms with Crippen molar-refractivity contribution >= 4 is 27.6 Å². The largest absolute Gasteiger partial charge is 0.481 e. The smallest absolute Gasteiger partial charge is 0.303 e. The molecule has 2 aromatic rings. The molecule has 0 saturated heterocycles. The van der Waals surface area contributed by atoms with Crippen LogP contribution in [0, 0.1) is 12.8 Å². The lowest BCUT2D eigenvalue weighted by Crippen LogP contribution is -2.39. The number of aryl methyl sites for hydroxylation is 1. The number of carbonyl (C=O) groups is 2. The number of nitrogens with zero attached hydrogens (tertiary/aromatic N) is 3. The second-order valence-electron chi connectivity index (χ2n) is 10.2. The predicted molar refractivity (Wildman–Crippen MR) is 140 cm³/mol. The number of rotatable bonds is 13. The van der Waals surface area contributed by atoms with E-state index < -0.39 is 16.0 Å². The number of hydrogen-bond acceptors (Lipinski definition) is 7. The Balaban J connectivity index is 1.44. The lowest BCUT2D eigenvalue weighted by Gasteiger charge is -2.35. The van der Waals surface area contributed by atoms with E-state index in [4.69, 9.17) is 5.11 Å². The Bertz CT molecular complexity index is 1220. The Morgan fingerprint density at radius 2 is 1.84 bits per heavy atom. The average molecular weight is 529 g/mol. The van der Waals surface area contributed by atoms with Gasteiger partial charge in [-0.3, -0.25) is 9.59 Å². The first-order valence-electron chi connectivity index (χ1n) is 13.2. The highest BCUT2D eigenvalue weighted by Crippen LogP contribution is 2.34. The van der Waals surface area contributed by atoms with Crippen LogP contribution in [0.5, 0.6) is 0 Å². The summed E-state index contributed by atoms with van der Waals surface area (Å²) in [6.07, 6.45) is 10.2. The van der Waals surface area contributed by atoms with Gasteiger partial charge in [0.05, 0.1) is 4.90 Å². The number of nitrogens with one attached hydrogen (secondary N) is 1. The van der Waals surface area contributed by atoms with E-state index in [2.05, 4.69) is 19.6 Å². The fourth-order valence-corrected chi connectivity index (χ4v) is 6.04. The molecule has 2 aliphatic carbocycles. The van der Waals surface area contributed by atoms with Crippen molar-refractivity contribution < 1.29 is 23.1 Å². The Morgan fingerprint density at radius 1 is 1.08 bits per heavy atom. The number of sulfonamides is 1. The van der Waals surface area contributed by atoms with Crippen LogP contribution in [-0.2, 0) is 21.2 Å². The zero-order chi connectivity index (χ0) is 26.4. The second-order valence-corrected chi connectivity index (χ2v) is 12.0. The van der Waals surface area contributed by atoms with E-state index in [1.54, 1.807) is 13.0 Å². The topological polar surface area (TPSA) is 130 Å². The summed E-state index contributed by atoms with van der Waals surface area (Å²) >= 11 is 0. The summed E-state index contributed by atoms with van der Waals surface area (Å²) in [6, 6.07) is 6.94. The minimum Gasteiger partial charge on any atom is -0.481 e. The number of aromatic nitrogens is 2. The van der Waals surface area contributed by atoms with Gasteiger partial charge >= 0.3 is 5.97 Å². The lowest BCUT2D eigenvalue weighted by atomic mass is 9.94. The van der Waals surface area contributed by atoms with Crippen molar-refractivity contribution in [3.8, 4) is 0 Å². The van der Waals surface area contributed by atoms with Crippen LogP contribution in [0.15, 0.2) is 35.5 Å². The third kappa shape index (κ3) is 7.58. The summed E-state index contributed by atoms with van der Waals surface area (Å²) in [5.74, 6) is 0.429. The van der Waals surface area contributed by atoms with Crippen molar-refractivity contribution in [2.24, 2.45) is 5.92 Å². The molecule has 0 atom stereocenters. The third-order valence-electron chi connectivity index (χ3n) is 7.23. The number of aliphatic carboxylic acids is 1. The molecule has 2 fully saturated rings. The minimum absolute atomic E-state index is 0.0442. The predicted octanol–water partition coefficient (Wildman–Crippen LogP) is 3.90. The zero-order valence-electron chi connectivity index (χ0n) is 21.4. The van der Waals surface area contributed by atoms with Gasteiger partial charge < -0.3 is 10.0 Å². The van der Waals surface area contributed by atoms with Gasteiger partial charge in [-0.1, -0.05) is 25.3 Å². The molecule has 9 nitrogen and oxygen atoms in total. The molecule has 2 aliphatic rings. The summed E-state index contributed by atoms with van der Waals surface area (Å²) < 4.78 is 27.5. The summed E-state index contributed by atoms with van der Waals surface area (Å²) in [4.78, 5) is 35.1. The van der Waals surface area contributed by atoms with Crippen LogP contribution in [0.4, 0.5) is 5.82 Å². The molecule has 1 aromatic carbocycles. The third-order valence-corrected chi connectivity index (χ3v) is 8.69. The van der Waals surface area contributed by atoms with Crippen LogP contribution < -0.4 is 9.62 Å². The van der Waals surface area contributed by atoms with E-state index in [0.29, 0.717) is 23.2 Å². The molecule has 0 spiro atoms. The van der Waals surface area contributed by atoms with Crippen LogP contribution in [0.25, 0.3) is 0 Å². The van der Waals surface area contributed by atoms with Gasteiger partial charge in [-0.2, -0.15) is 0 Å². The molecular weight excluding hydrogens is 492 g/mol. The Labute approximate surface area is 218 Å². The van der Waals surface area contributed by atoms with Gasteiger partial charge in [-0.15, -0.1) is 0 Å². The molecule has 0 bridgehead atoms. The van der Waals surface area contributed by atoms with Gasteiger partial charge in [0, 0.05) is 38.0 Å². The summed E-state index contributed by atoms with van der Waals surface area (Å²) in [7, 11) is -3.76. The van der Waals surface area contributed by atoms with E-state index in [9.17, 15) is 18.0 Å². The molecule has 0 radical (unpaired) electrons. The molecule has 1 heterocycles. The fraction of sp³-hybridized carbons (Fsp3) is 0.556. The van der Waals surface area contributed by atoms with Gasteiger partial charge in [0.25, 0.3) is 0 Å². The van der Waals surface area contributed by atoms with Crippen LogP contribution >= 0.6 is 0 Å². The molecular formula is C27H36N4O5S. The second kappa shape index (κ2) is 12.1. The monoisotopic (exact) mass is 528 g/mol. The number of carboxylic acid groups (broad SMARTS) is 1. The first-order chi connectivity index (χ1) is 17.7. The van der Waals surface area contributed by atoms with E-state index in [1.807, 2.05) is 6.07 Å². The highest BCUT2D eigenvalue weighted by atomic mass is 32.2. The molecule has 1 aromatic heterocycles. The summed E-state index contributed by atoms with van der Waals surface area (Å²) in [5.41, 5.74) is 1.79. The van der Waals surface area contributed by atoms with Crippen molar-refractivity contribution in [3.05, 3.63) is 47.4 Å². The maximum Gasteiger partial charge on any atom is 0.303 e. The molecule has 0 aliphatic heterocycles. The van der Waals surface area contributed by atoms with Crippen LogP contribution in [0.1, 0.15) is 79.4 Å². The summed E-state index contributed by atoms with van der Waals surface area (Å²) in [6.45, 7) is 2.80. The maximum atomic E-state index is 13.2. The molecule has 4 rings (SSSR count). The standard InChI is InChI=1S/C27H36N4O5S/c1-19-14-23(37(35,36)30-13-5-8-27(33)34)12-11-21(19)15-25(32)24-16-26(29-18-28-24)31(17-20-9-10-20)22-6-3-2-4-7-22/h11-12,14,16,18,20,22,30H,2-10,13,15,17H2,1H3,(H,33,34). The van der Waals surface area contributed by atoms with Crippen LogP contribution in [-0.4, -0.2) is 54.4 Å². The van der Waals surface area contributed by atoms with Gasteiger partial charge in [-0.25, -0.2) is 23.1 Å². The quantitative estimate of drug-likeness (QED) is 0.296.